The maximum Gasteiger partial charge on any atom is 0.266 e. The van der Waals surface area contributed by atoms with Crippen molar-refractivity contribution in [3.8, 4) is 5.75 Å². The van der Waals surface area contributed by atoms with Crippen LogP contribution in [0, 0.1) is 13.8 Å². The lowest BCUT2D eigenvalue weighted by Gasteiger charge is -2.14. The van der Waals surface area contributed by atoms with Crippen molar-refractivity contribution in [3.05, 3.63) is 100.0 Å². The molecule has 4 rings (SSSR count). The highest BCUT2D eigenvalue weighted by Crippen LogP contribution is 2.35. The first-order valence-electron chi connectivity index (χ1n) is 10.8. The van der Waals surface area contributed by atoms with E-state index in [9.17, 15) is 9.59 Å². The molecule has 1 aliphatic rings. The number of nitrogens with zero attached hydrogens (tertiary/aromatic N) is 1. The van der Waals surface area contributed by atoms with Gasteiger partial charge in [-0.2, -0.15) is 0 Å². The minimum atomic E-state index is -0.252. The van der Waals surface area contributed by atoms with Gasteiger partial charge in [0.05, 0.1) is 11.4 Å². The van der Waals surface area contributed by atoms with Crippen molar-refractivity contribution in [2.75, 3.05) is 11.9 Å². The average molecular weight is 489 g/mol. The summed E-state index contributed by atoms with van der Waals surface area (Å²) in [5.74, 6) is 0.131. The monoisotopic (exact) mass is 488 g/mol. The zero-order valence-electron chi connectivity index (χ0n) is 18.9. The quantitative estimate of drug-likeness (QED) is 0.340. The summed E-state index contributed by atoms with van der Waals surface area (Å²) in [5.41, 5.74) is 4.62. The predicted octanol–water partition coefficient (Wildman–Crippen LogP) is 5.72. The second-order valence-electron chi connectivity index (χ2n) is 7.88. The molecule has 2 amide bonds. The average Bonchev–Trinajstić information content (AvgIpc) is 3.09. The number of hydrogen-bond acceptors (Lipinski definition) is 5. The van der Waals surface area contributed by atoms with Gasteiger partial charge in [0, 0.05) is 11.3 Å². The Labute approximate surface area is 208 Å². The summed E-state index contributed by atoms with van der Waals surface area (Å²) in [5, 5.41) is 2.89. The molecule has 5 nitrogen and oxygen atoms in total. The van der Waals surface area contributed by atoms with Crippen LogP contribution in [0.5, 0.6) is 5.75 Å². The fourth-order valence-corrected chi connectivity index (χ4v) is 4.74. The van der Waals surface area contributed by atoms with Crippen LogP contribution in [-0.4, -0.2) is 27.6 Å². The Kier molecular flexibility index (Phi) is 7.45. The number of hydrogen-bond donors (Lipinski definition) is 1. The van der Waals surface area contributed by atoms with Crippen molar-refractivity contribution in [2.45, 2.75) is 20.4 Å². The van der Waals surface area contributed by atoms with Gasteiger partial charge in [0.1, 0.15) is 10.1 Å². The Morgan fingerprint density at radius 2 is 1.76 bits per heavy atom. The summed E-state index contributed by atoms with van der Waals surface area (Å²) in [4.78, 5) is 27.6. The molecule has 0 saturated carbocycles. The maximum absolute atomic E-state index is 13.0. The lowest BCUT2D eigenvalue weighted by Crippen LogP contribution is -2.27. The fraction of sp³-hybridized carbons (Fsp3) is 0.148. The Morgan fingerprint density at radius 1 is 1.03 bits per heavy atom. The molecule has 0 aromatic heterocycles. The number of carbonyl (C=O) groups is 2. The number of thioether (sulfide) groups is 1. The molecule has 1 aliphatic heterocycles. The fourth-order valence-electron chi connectivity index (χ4n) is 3.49. The number of aryl methyl sites for hydroxylation is 1. The van der Waals surface area contributed by atoms with Crippen LogP contribution >= 0.6 is 24.0 Å². The van der Waals surface area contributed by atoms with Gasteiger partial charge < -0.3 is 10.1 Å². The summed E-state index contributed by atoms with van der Waals surface area (Å²) >= 11 is 6.72. The second kappa shape index (κ2) is 10.7. The molecule has 0 spiro atoms. The highest BCUT2D eigenvalue weighted by molar-refractivity contribution is 8.26. The summed E-state index contributed by atoms with van der Waals surface area (Å²) in [6.07, 6.45) is 1.77. The third kappa shape index (κ3) is 5.55. The molecule has 34 heavy (non-hydrogen) atoms. The number of rotatable bonds is 7. The first kappa shape index (κ1) is 23.7. The summed E-state index contributed by atoms with van der Waals surface area (Å²) in [6, 6.07) is 22.8. The number of thiocarbonyl (C=S) groups is 1. The molecule has 0 radical (unpaired) electrons. The third-order valence-corrected chi connectivity index (χ3v) is 6.88. The van der Waals surface area contributed by atoms with Crippen LogP contribution in [0.2, 0.25) is 0 Å². The zero-order valence-corrected chi connectivity index (χ0v) is 20.5. The second-order valence-corrected chi connectivity index (χ2v) is 9.55. The lowest BCUT2D eigenvalue weighted by atomic mass is 10.1. The van der Waals surface area contributed by atoms with Gasteiger partial charge in [-0.15, -0.1) is 0 Å². The van der Waals surface area contributed by atoms with Crippen LogP contribution in [0.15, 0.2) is 77.7 Å². The van der Waals surface area contributed by atoms with Crippen molar-refractivity contribution < 1.29 is 14.3 Å². The molecule has 0 bridgehead atoms. The molecule has 1 fully saturated rings. The van der Waals surface area contributed by atoms with E-state index in [-0.39, 0.29) is 18.4 Å². The van der Waals surface area contributed by atoms with Crippen molar-refractivity contribution in [2.24, 2.45) is 0 Å². The molecule has 3 aromatic carbocycles. The molecule has 0 atom stereocenters. The van der Waals surface area contributed by atoms with E-state index in [2.05, 4.69) is 5.32 Å². The predicted molar refractivity (Wildman–Crippen MR) is 142 cm³/mol. The van der Waals surface area contributed by atoms with Crippen LogP contribution < -0.4 is 10.1 Å². The molecule has 1 saturated heterocycles. The van der Waals surface area contributed by atoms with Crippen molar-refractivity contribution >= 4 is 51.9 Å². The number of para-hydroxylation sites is 1. The Balaban J connectivity index is 1.45. The zero-order chi connectivity index (χ0) is 24.1. The van der Waals surface area contributed by atoms with Crippen molar-refractivity contribution in [3.63, 3.8) is 0 Å². The molecule has 172 valence electrons. The number of nitrogens with one attached hydrogen (secondary N) is 1. The Morgan fingerprint density at radius 3 is 2.56 bits per heavy atom. The SMILES string of the molecule is Cc1cccc(NC(=O)COc2ccccc2/C=C2\SC(=S)N(Cc3ccccc3)C2=O)c1C. The van der Waals surface area contributed by atoms with Gasteiger partial charge in [-0.3, -0.25) is 14.5 Å². The number of amides is 2. The standard InChI is InChI=1S/C27H24N2O3S2/c1-18-9-8-13-22(19(18)2)28-25(30)17-32-23-14-7-6-12-21(23)15-24-26(31)29(27(33)34-24)16-20-10-4-3-5-11-20/h3-15H,16-17H2,1-2H3,(H,28,30)/b24-15-. The first-order chi connectivity index (χ1) is 16.4. The number of ether oxygens (including phenoxy) is 1. The van der Waals surface area contributed by atoms with Gasteiger partial charge in [-0.05, 0) is 48.7 Å². The van der Waals surface area contributed by atoms with E-state index in [0.29, 0.717) is 27.1 Å². The van der Waals surface area contributed by atoms with Gasteiger partial charge in [-0.25, -0.2) is 0 Å². The first-order valence-corrected chi connectivity index (χ1v) is 12.0. The highest BCUT2D eigenvalue weighted by atomic mass is 32.2. The van der Waals surface area contributed by atoms with E-state index >= 15 is 0 Å². The number of anilines is 1. The van der Waals surface area contributed by atoms with Crippen molar-refractivity contribution in [1.29, 1.82) is 0 Å². The van der Waals surface area contributed by atoms with Gasteiger partial charge in [-0.1, -0.05) is 84.6 Å². The molecule has 1 N–H and O–H groups in total. The maximum atomic E-state index is 13.0. The molecular formula is C27H24N2O3S2. The number of carbonyl (C=O) groups excluding carboxylic acids is 2. The molecule has 7 heteroatoms. The van der Waals surface area contributed by atoms with Gasteiger partial charge in [0.2, 0.25) is 0 Å². The smallest absolute Gasteiger partial charge is 0.266 e. The molecule has 0 unspecified atom stereocenters. The van der Waals surface area contributed by atoms with Crippen molar-refractivity contribution in [1.82, 2.24) is 4.90 Å². The molecule has 3 aromatic rings. The van der Waals surface area contributed by atoms with Gasteiger partial charge in [0.15, 0.2) is 6.61 Å². The minimum absolute atomic E-state index is 0.138. The van der Waals surface area contributed by atoms with E-state index in [0.717, 1.165) is 22.4 Å². The highest BCUT2D eigenvalue weighted by Gasteiger charge is 2.32. The largest absolute Gasteiger partial charge is 0.483 e. The van der Waals surface area contributed by atoms with Crippen LogP contribution in [0.1, 0.15) is 22.3 Å². The van der Waals surface area contributed by atoms with E-state index in [1.165, 1.54) is 11.8 Å². The summed E-state index contributed by atoms with van der Waals surface area (Å²) < 4.78 is 6.33. The van der Waals surface area contributed by atoms with E-state index in [4.69, 9.17) is 17.0 Å². The summed E-state index contributed by atoms with van der Waals surface area (Å²) in [7, 11) is 0. The van der Waals surface area contributed by atoms with E-state index in [1.807, 2.05) is 80.6 Å². The topological polar surface area (TPSA) is 58.6 Å². The molecule has 0 aliphatic carbocycles. The summed E-state index contributed by atoms with van der Waals surface area (Å²) in [6.45, 7) is 4.25. The van der Waals surface area contributed by atoms with Crippen LogP contribution in [0.25, 0.3) is 6.08 Å². The van der Waals surface area contributed by atoms with Gasteiger partial charge in [0.25, 0.3) is 11.8 Å². The minimum Gasteiger partial charge on any atom is -0.483 e. The van der Waals surface area contributed by atoms with E-state index < -0.39 is 0 Å². The van der Waals surface area contributed by atoms with Crippen LogP contribution in [-0.2, 0) is 16.1 Å². The number of benzene rings is 3. The normalized spacial score (nSPS) is 14.5. The van der Waals surface area contributed by atoms with Crippen LogP contribution in [0.4, 0.5) is 5.69 Å². The molecule has 1 heterocycles. The van der Waals surface area contributed by atoms with E-state index in [1.54, 1.807) is 17.0 Å². The van der Waals surface area contributed by atoms with Crippen LogP contribution in [0.3, 0.4) is 0 Å². The molecular weight excluding hydrogens is 464 g/mol. The third-order valence-electron chi connectivity index (χ3n) is 5.50. The van der Waals surface area contributed by atoms with Gasteiger partial charge >= 0.3 is 0 Å². The Bertz CT molecular complexity index is 1270. The lowest BCUT2D eigenvalue weighted by molar-refractivity contribution is -0.122. The Hall–Kier alpha value is -3.42.